The highest BCUT2D eigenvalue weighted by Crippen LogP contribution is 2.21. The van der Waals surface area contributed by atoms with E-state index in [1.807, 2.05) is 13.8 Å². The van der Waals surface area contributed by atoms with E-state index in [-0.39, 0.29) is 17.9 Å². The Morgan fingerprint density at radius 3 is 2.76 bits per heavy atom. The van der Waals surface area contributed by atoms with Crippen LogP contribution < -0.4 is 10.6 Å². The highest BCUT2D eigenvalue weighted by Gasteiger charge is 2.33. The van der Waals surface area contributed by atoms with E-state index in [0.29, 0.717) is 24.6 Å². The second kappa shape index (κ2) is 7.55. The number of thioether (sulfide) groups is 1. The van der Waals surface area contributed by atoms with Crippen molar-refractivity contribution in [3.63, 3.8) is 0 Å². The highest BCUT2D eigenvalue weighted by atomic mass is 32.2. The average Bonchev–Trinajstić information content (AvgIpc) is 2.82. The third kappa shape index (κ3) is 4.20. The van der Waals surface area contributed by atoms with Gasteiger partial charge in [-0.05, 0) is 6.54 Å². The van der Waals surface area contributed by atoms with Crippen molar-refractivity contribution in [3.8, 4) is 0 Å². The van der Waals surface area contributed by atoms with Crippen molar-refractivity contribution in [3.05, 3.63) is 0 Å². The fourth-order valence-corrected chi connectivity index (χ4v) is 2.86. The van der Waals surface area contributed by atoms with E-state index in [0.717, 1.165) is 13.1 Å². The summed E-state index contributed by atoms with van der Waals surface area (Å²) in [5, 5.41) is 6.00. The Hall–Kier alpha value is -0.750. The van der Waals surface area contributed by atoms with Crippen LogP contribution in [0.15, 0.2) is 0 Å². The first kappa shape index (κ1) is 14.3. The molecule has 1 rings (SSSR count). The lowest BCUT2D eigenvalue weighted by atomic mass is 10.2. The second-order valence-electron chi connectivity index (χ2n) is 3.88. The average molecular weight is 259 g/mol. The maximum absolute atomic E-state index is 11.9. The van der Waals surface area contributed by atoms with Gasteiger partial charge in [0.2, 0.25) is 11.8 Å². The minimum atomic E-state index is -0.283. The van der Waals surface area contributed by atoms with E-state index in [9.17, 15) is 9.59 Å². The van der Waals surface area contributed by atoms with Crippen LogP contribution in [0.4, 0.5) is 0 Å². The van der Waals surface area contributed by atoms with Crippen LogP contribution in [0, 0.1) is 0 Å². The van der Waals surface area contributed by atoms with E-state index in [4.69, 9.17) is 0 Å². The van der Waals surface area contributed by atoms with Crippen LogP contribution in [0.5, 0.6) is 0 Å². The van der Waals surface area contributed by atoms with E-state index < -0.39 is 0 Å². The molecule has 98 valence electrons. The number of hydrogen-bond donors (Lipinski definition) is 2. The van der Waals surface area contributed by atoms with Gasteiger partial charge >= 0.3 is 0 Å². The molecule has 0 radical (unpaired) electrons. The van der Waals surface area contributed by atoms with E-state index in [1.54, 1.807) is 16.7 Å². The Labute approximate surface area is 107 Å². The summed E-state index contributed by atoms with van der Waals surface area (Å²) in [7, 11) is 0. The number of likely N-dealkylation sites (N-methyl/N-ethyl adjacent to an activating group) is 1. The zero-order valence-corrected chi connectivity index (χ0v) is 11.3. The number of carbonyl (C=O) groups excluding carboxylic acids is 2. The van der Waals surface area contributed by atoms with Gasteiger partial charge in [-0.15, -0.1) is 11.8 Å². The standard InChI is InChI=1S/C11H21N3O2S/c1-3-10(15)14-8-17-7-9(14)11(16)13-6-5-12-4-2/h9,12H,3-8H2,1-2H3,(H,13,16). The molecule has 1 aliphatic heterocycles. The lowest BCUT2D eigenvalue weighted by molar-refractivity contribution is -0.137. The third-order valence-electron chi connectivity index (χ3n) is 2.66. The van der Waals surface area contributed by atoms with E-state index in [2.05, 4.69) is 10.6 Å². The zero-order valence-electron chi connectivity index (χ0n) is 10.5. The van der Waals surface area contributed by atoms with Crippen LogP contribution in [0.25, 0.3) is 0 Å². The number of hydrogen-bond acceptors (Lipinski definition) is 4. The Bertz CT molecular complexity index is 273. The molecule has 1 heterocycles. The summed E-state index contributed by atoms with van der Waals surface area (Å²) in [6, 6.07) is -0.283. The lowest BCUT2D eigenvalue weighted by Gasteiger charge is -2.22. The van der Waals surface area contributed by atoms with Crippen molar-refractivity contribution in [2.75, 3.05) is 31.3 Å². The van der Waals surface area contributed by atoms with Gasteiger partial charge in [0.15, 0.2) is 0 Å². The van der Waals surface area contributed by atoms with Gasteiger partial charge < -0.3 is 15.5 Å². The number of carbonyl (C=O) groups is 2. The van der Waals surface area contributed by atoms with Gasteiger partial charge in [-0.25, -0.2) is 0 Å². The minimum absolute atomic E-state index is 0.0327. The summed E-state index contributed by atoms with van der Waals surface area (Å²) in [5.41, 5.74) is 0. The maximum atomic E-state index is 11.9. The minimum Gasteiger partial charge on any atom is -0.353 e. The lowest BCUT2D eigenvalue weighted by Crippen LogP contribution is -2.48. The quantitative estimate of drug-likeness (QED) is 0.660. The summed E-state index contributed by atoms with van der Waals surface area (Å²) in [4.78, 5) is 25.2. The summed E-state index contributed by atoms with van der Waals surface area (Å²) >= 11 is 1.63. The SMILES string of the molecule is CCNCCNC(=O)C1CSCN1C(=O)CC. The first-order chi connectivity index (χ1) is 8.20. The molecular formula is C11H21N3O2S. The predicted molar refractivity (Wildman–Crippen MR) is 69.8 cm³/mol. The number of amides is 2. The first-order valence-electron chi connectivity index (χ1n) is 6.06. The third-order valence-corrected chi connectivity index (χ3v) is 3.67. The van der Waals surface area contributed by atoms with Crippen molar-refractivity contribution in [1.29, 1.82) is 0 Å². The van der Waals surface area contributed by atoms with E-state index >= 15 is 0 Å². The van der Waals surface area contributed by atoms with Crippen molar-refractivity contribution < 1.29 is 9.59 Å². The first-order valence-corrected chi connectivity index (χ1v) is 7.21. The van der Waals surface area contributed by atoms with Gasteiger partial charge in [-0.2, -0.15) is 0 Å². The van der Waals surface area contributed by atoms with Gasteiger partial charge in [0.1, 0.15) is 6.04 Å². The molecule has 0 saturated carbocycles. The molecule has 0 aromatic rings. The molecule has 17 heavy (non-hydrogen) atoms. The number of nitrogens with one attached hydrogen (secondary N) is 2. The van der Waals surface area contributed by atoms with Crippen LogP contribution >= 0.6 is 11.8 Å². The van der Waals surface area contributed by atoms with Crippen LogP contribution in [-0.4, -0.2) is 54.0 Å². The molecular weight excluding hydrogens is 238 g/mol. The summed E-state index contributed by atoms with van der Waals surface area (Å²) in [5.74, 6) is 1.37. The van der Waals surface area contributed by atoms with E-state index in [1.165, 1.54) is 0 Å². The fourth-order valence-electron chi connectivity index (χ4n) is 1.68. The maximum Gasteiger partial charge on any atom is 0.243 e. The van der Waals surface area contributed by atoms with Gasteiger partial charge in [0, 0.05) is 25.3 Å². The molecule has 0 bridgehead atoms. The Balaban J connectivity index is 2.37. The molecule has 6 heteroatoms. The summed E-state index contributed by atoms with van der Waals surface area (Å²) in [6.45, 7) is 6.13. The van der Waals surface area contributed by atoms with Crippen LogP contribution in [0.3, 0.4) is 0 Å². The molecule has 0 aromatic heterocycles. The van der Waals surface area contributed by atoms with Crippen molar-refractivity contribution in [1.82, 2.24) is 15.5 Å². The topological polar surface area (TPSA) is 61.4 Å². The van der Waals surface area contributed by atoms with Crippen molar-refractivity contribution in [2.24, 2.45) is 0 Å². The van der Waals surface area contributed by atoms with Gasteiger partial charge in [0.05, 0.1) is 5.88 Å². The molecule has 1 atom stereocenters. The molecule has 1 aliphatic rings. The molecule has 5 nitrogen and oxygen atoms in total. The molecule has 0 aromatic carbocycles. The van der Waals surface area contributed by atoms with Crippen molar-refractivity contribution >= 4 is 23.6 Å². The van der Waals surface area contributed by atoms with Gasteiger partial charge in [-0.3, -0.25) is 9.59 Å². The molecule has 1 fully saturated rings. The Kier molecular flexibility index (Phi) is 6.36. The zero-order chi connectivity index (χ0) is 12.7. The molecule has 2 N–H and O–H groups in total. The number of nitrogens with zero attached hydrogens (tertiary/aromatic N) is 1. The van der Waals surface area contributed by atoms with Crippen molar-refractivity contribution in [2.45, 2.75) is 26.3 Å². The Morgan fingerprint density at radius 2 is 2.12 bits per heavy atom. The number of rotatable bonds is 6. The molecule has 1 unspecified atom stereocenters. The Morgan fingerprint density at radius 1 is 1.35 bits per heavy atom. The summed E-state index contributed by atoms with van der Waals surface area (Å²) in [6.07, 6.45) is 0.460. The van der Waals surface area contributed by atoms with Gasteiger partial charge in [0.25, 0.3) is 0 Å². The highest BCUT2D eigenvalue weighted by molar-refractivity contribution is 7.99. The van der Waals surface area contributed by atoms with Crippen LogP contribution in [0.2, 0.25) is 0 Å². The normalized spacial score (nSPS) is 19.4. The monoisotopic (exact) mass is 259 g/mol. The fraction of sp³-hybridized carbons (Fsp3) is 0.818. The molecule has 1 saturated heterocycles. The molecule has 0 aliphatic carbocycles. The largest absolute Gasteiger partial charge is 0.353 e. The molecule has 0 spiro atoms. The van der Waals surface area contributed by atoms with Crippen LogP contribution in [-0.2, 0) is 9.59 Å². The second-order valence-corrected chi connectivity index (χ2v) is 4.88. The summed E-state index contributed by atoms with van der Waals surface area (Å²) < 4.78 is 0. The van der Waals surface area contributed by atoms with Gasteiger partial charge in [-0.1, -0.05) is 13.8 Å². The smallest absolute Gasteiger partial charge is 0.243 e. The van der Waals surface area contributed by atoms with Crippen LogP contribution in [0.1, 0.15) is 20.3 Å². The predicted octanol–water partition coefficient (Wildman–Crippen LogP) is 0.0236. The molecule has 2 amide bonds.